The molecule has 0 fully saturated rings. The highest BCUT2D eigenvalue weighted by atomic mass is 19.4. The Hall–Kier alpha value is -4.16. The maximum Gasteiger partial charge on any atom is 0.491 e. The quantitative estimate of drug-likeness (QED) is 0.327. The molecule has 34 heavy (non-hydrogen) atoms. The summed E-state index contributed by atoms with van der Waals surface area (Å²) in [7, 11) is 1.17. The van der Waals surface area contributed by atoms with E-state index in [1.165, 1.54) is 13.2 Å². The lowest BCUT2D eigenvalue weighted by Gasteiger charge is -2.14. The van der Waals surface area contributed by atoms with E-state index in [1.54, 1.807) is 30.3 Å². The zero-order valence-electron chi connectivity index (χ0n) is 17.1. The Bertz CT molecular complexity index is 1340. The number of nitrogens with zero attached hydrogens (tertiary/aromatic N) is 4. The van der Waals surface area contributed by atoms with Gasteiger partial charge in [0.25, 0.3) is 0 Å². The van der Waals surface area contributed by atoms with Crippen molar-refractivity contribution in [3.63, 3.8) is 0 Å². The molecule has 3 heterocycles. The number of benzene rings is 1. The molecule has 1 N–H and O–H groups in total. The molecular weight excluding hydrogens is 468 g/mol. The second kappa shape index (κ2) is 8.32. The molecule has 0 bridgehead atoms. The van der Waals surface area contributed by atoms with Crippen LogP contribution in [0.5, 0.6) is 5.75 Å². The highest BCUT2D eigenvalue weighted by Crippen LogP contribution is 2.40. The minimum Gasteiger partial charge on any atom is -0.417 e. The fraction of sp³-hybridized carbons (Fsp3) is 0.143. The summed E-state index contributed by atoms with van der Waals surface area (Å²) < 4.78 is 83.8. The molecule has 4 aromatic rings. The molecular formula is C21H13F6N5O2. The third-order valence-electron chi connectivity index (χ3n) is 4.66. The highest BCUT2D eigenvalue weighted by Gasteiger charge is 2.43. The SMILES string of the molecule is Cn1nc(C(F)(F)F)cc1-c1ccnc(-c2ncc(-c3ccccc3)[nH]2)c1OC(=O)C(F)(F)F. The number of carbonyl (C=O) groups excluding carboxylic acids is 1. The van der Waals surface area contributed by atoms with Crippen molar-refractivity contribution < 1.29 is 35.9 Å². The predicted octanol–water partition coefficient (Wildman–Crippen LogP) is 5.03. The van der Waals surface area contributed by atoms with Crippen molar-refractivity contribution in [3.05, 3.63) is 60.6 Å². The number of aromatic nitrogens is 5. The first kappa shape index (κ1) is 23.0. The van der Waals surface area contributed by atoms with Crippen LogP contribution in [0.1, 0.15) is 5.69 Å². The van der Waals surface area contributed by atoms with Crippen LogP contribution >= 0.6 is 0 Å². The maximum atomic E-state index is 13.1. The van der Waals surface area contributed by atoms with Gasteiger partial charge in [0, 0.05) is 18.8 Å². The number of hydrogen-bond acceptors (Lipinski definition) is 5. The Morgan fingerprint density at radius 1 is 1.03 bits per heavy atom. The van der Waals surface area contributed by atoms with Gasteiger partial charge in [0.2, 0.25) is 0 Å². The molecule has 0 aliphatic heterocycles. The van der Waals surface area contributed by atoms with Crippen LogP contribution in [0.4, 0.5) is 26.3 Å². The van der Waals surface area contributed by atoms with Crippen LogP contribution in [0.3, 0.4) is 0 Å². The summed E-state index contributed by atoms with van der Waals surface area (Å²) in [6.45, 7) is 0. The first-order valence-corrected chi connectivity index (χ1v) is 9.45. The minimum atomic E-state index is -5.37. The van der Waals surface area contributed by atoms with Crippen LogP contribution in [0.25, 0.3) is 34.0 Å². The molecule has 0 aliphatic carbocycles. The van der Waals surface area contributed by atoms with Gasteiger partial charge in [0.05, 0.1) is 17.6 Å². The smallest absolute Gasteiger partial charge is 0.417 e. The summed E-state index contributed by atoms with van der Waals surface area (Å²) in [6, 6.07) is 10.5. The van der Waals surface area contributed by atoms with E-state index in [9.17, 15) is 31.1 Å². The van der Waals surface area contributed by atoms with E-state index in [1.807, 2.05) is 0 Å². The van der Waals surface area contributed by atoms with Crippen molar-refractivity contribution in [2.24, 2.45) is 7.05 Å². The molecule has 4 rings (SSSR count). The number of hydrogen-bond donors (Lipinski definition) is 1. The van der Waals surface area contributed by atoms with Crippen molar-refractivity contribution in [2.45, 2.75) is 12.4 Å². The molecule has 0 amide bonds. The van der Waals surface area contributed by atoms with Gasteiger partial charge in [-0.05, 0) is 17.7 Å². The molecule has 0 saturated carbocycles. The summed E-state index contributed by atoms with van der Waals surface area (Å²) in [5.41, 5.74) is -0.933. The number of imidazole rings is 1. The van der Waals surface area contributed by atoms with Gasteiger partial charge in [-0.25, -0.2) is 14.8 Å². The molecule has 13 heteroatoms. The number of esters is 1. The molecule has 0 atom stereocenters. The number of ether oxygens (including phenoxy) is 1. The number of nitrogens with one attached hydrogen (secondary N) is 1. The third kappa shape index (κ3) is 4.49. The van der Waals surface area contributed by atoms with Crippen molar-refractivity contribution in [1.82, 2.24) is 24.7 Å². The molecule has 0 spiro atoms. The van der Waals surface area contributed by atoms with Gasteiger partial charge in [-0.3, -0.25) is 4.68 Å². The number of alkyl halides is 6. The largest absolute Gasteiger partial charge is 0.491 e. The Morgan fingerprint density at radius 3 is 2.35 bits per heavy atom. The average molecular weight is 481 g/mol. The number of aryl methyl sites for hydroxylation is 1. The van der Waals surface area contributed by atoms with E-state index in [4.69, 9.17) is 0 Å². The van der Waals surface area contributed by atoms with Gasteiger partial charge in [0.15, 0.2) is 17.3 Å². The molecule has 176 valence electrons. The number of aromatic amines is 1. The fourth-order valence-corrected chi connectivity index (χ4v) is 3.14. The van der Waals surface area contributed by atoms with Crippen molar-refractivity contribution in [1.29, 1.82) is 0 Å². The molecule has 7 nitrogen and oxygen atoms in total. The fourth-order valence-electron chi connectivity index (χ4n) is 3.14. The molecule has 1 aromatic carbocycles. The topological polar surface area (TPSA) is 85.7 Å². The Morgan fingerprint density at radius 2 is 1.74 bits per heavy atom. The van der Waals surface area contributed by atoms with Crippen LogP contribution in [0.2, 0.25) is 0 Å². The van der Waals surface area contributed by atoms with E-state index in [-0.39, 0.29) is 22.8 Å². The summed E-state index contributed by atoms with van der Waals surface area (Å²) in [4.78, 5) is 22.6. The first-order valence-electron chi connectivity index (χ1n) is 9.45. The summed E-state index contributed by atoms with van der Waals surface area (Å²) >= 11 is 0. The van der Waals surface area contributed by atoms with Gasteiger partial charge in [0.1, 0.15) is 5.69 Å². The zero-order valence-corrected chi connectivity index (χ0v) is 17.1. The molecule has 0 radical (unpaired) electrons. The monoisotopic (exact) mass is 481 g/mol. The molecule has 0 saturated heterocycles. The van der Waals surface area contributed by atoms with E-state index >= 15 is 0 Å². The van der Waals surface area contributed by atoms with Gasteiger partial charge < -0.3 is 9.72 Å². The second-order valence-electron chi connectivity index (χ2n) is 6.97. The number of carbonyl (C=O) groups is 1. The number of rotatable bonds is 4. The minimum absolute atomic E-state index is 0.0658. The lowest BCUT2D eigenvalue weighted by molar-refractivity contribution is -0.189. The van der Waals surface area contributed by atoms with E-state index in [0.717, 1.165) is 16.9 Å². The van der Waals surface area contributed by atoms with Crippen LogP contribution in [0.15, 0.2) is 54.9 Å². The number of pyridine rings is 1. The number of halogens is 6. The zero-order chi connectivity index (χ0) is 24.7. The summed E-state index contributed by atoms with van der Waals surface area (Å²) in [5.74, 6) is -3.37. The average Bonchev–Trinajstić information content (AvgIpc) is 3.41. The van der Waals surface area contributed by atoms with E-state index in [2.05, 4.69) is 24.8 Å². The third-order valence-corrected chi connectivity index (χ3v) is 4.66. The van der Waals surface area contributed by atoms with Crippen molar-refractivity contribution in [3.8, 4) is 39.8 Å². The summed E-state index contributed by atoms with van der Waals surface area (Å²) in [6.07, 6.45) is -7.65. The van der Waals surface area contributed by atoms with Gasteiger partial charge >= 0.3 is 18.3 Å². The molecule has 3 aromatic heterocycles. The van der Waals surface area contributed by atoms with Gasteiger partial charge in [-0.15, -0.1) is 0 Å². The Kier molecular flexibility index (Phi) is 5.63. The lowest BCUT2D eigenvalue weighted by Crippen LogP contribution is -2.28. The molecule has 0 aliphatic rings. The second-order valence-corrected chi connectivity index (χ2v) is 6.97. The van der Waals surface area contributed by atoms with Gasteiger partial charge in [-0.1, -0.05) is 30.3 Å². The Balaban J connectivity index is 1.88. The Labute approximate surface area is 187 Å². The normalized spacial score (nSPS) is 12.1. The van der Waals surface area contributed by atoms with Crippen LogP contribution in [-0.2, 0) is 18.0 Å². The van der Waals surface area contributed by atoms with Crippen LogP contribution < -0.4 is 4.74 Å². The van der Waals surface area contributed by atoms with Crippen molar-refractivity contribution >= 4 is 5.97 Å². The van der Waals surface area contributed by atoms with E-state index < -0.39 is 29.8 Å². The van der Waals surface area contributed by atoms with E-state index in [0.29, 0.717) is 17.3 Å². The lowest BCUT2D eigenvalue weighted by atomic mass is 10.1. The maximum absolute atomic E-state index is 13.1. The van der Waals surface area contributed by atoms with Crippen LogP contribution in [0, 0.1) is 0 Å². The standard InChI is InChI=1S/C21H13F6N5O2/c1-32-14(9-15(31-32)20(22,23)24)12-7-8-28-16(17(12)34-19(33)21(25,26)27)18-29-10-13(30-18)11-5-3-2-4-6-11/h2-10H,1H3,(H,29,30). The first-order chi connectivity index (χ1) is 15.9. The van der Waals surface area contributed by atoms with Crippen LogP contribution in [-0.4, -0.2) is 36.9 Å². The predicted molar refractivity (Wildman–Crippen MR) is 106 cm³/mol. The molecule has 0 unspecified atom stereocenters. The number of H-pyrrole nitrogens is 1. The van der Waals surface area contributed by atoms with Crippen molar-refractivity contribution in [2.75, 3.05) is 0 Å². The van der Waals surface area contributed by atoms with Gasteiger partial charge in [-0.2, -0.15) is 31.4 Å². The summed E-state index contributed by atoms with van der Waals surface area (Å²) in [5, 5.41) is 3.36. The highest BCUT2D eigenvalue weighted by molar-refractivity contribution is 5.85.